The fourth-order valence-corrected chi connectivity index (χ4v) is 1.62. The van der Waals surface area contributed by atoms with Crippen molar-refractivity contribution >= 4 is 11.8 Å². The molecule has 1 aliphatic heterocycles. The van der Waals surface area contributed by atoms with Crippen LogP contribution in [0, 0.1) is 17.3 Å². The van der Waals surface area contributed by atoms with E-state index in [0.717, 1.165) is 0 Å². The van der Waals surface area contributed by atoms with Gasteiger partial charge in [0, 0.05) is 19.5 Å². The van der Waals surface area contributed by atoms with Crippen LogP contribution in [0.2, 0.25) is 0 Å². The maximum atomic E-state index is 11.9. The van der Waals surface area contributed by atoms with Crippen LogP contribution < -0.4 is 10.6 Å². The van der Waals surface area contributed by atoms with Gasteiger partial charge >= 0.3 is 0 Å². The zero-order valence-electron chi connectivity index (χ0n) is 11.3. The Bertz CT molecular complexity index is 288. The van der Waals surface area contributed by atoms with Crippen LogP contribution in [-0.2, 0) is 9.59 Å². The van der Waals surface area contributed by atoms with Gasteiger partial charge in [-0.15, -0.1) is 0 Å². The highest BCUT2D eigenvalue weighted by Crippen LogP contribution is 2.24. The molecule has 0 spiro atoms. The van der Waals surface area contributed by atoms with E-state index in [-0.39, 0.29) is 23.1 Å². The molecule has 4 heteroatoms. The maximum Gasteiger partial charge on any atom is 0.224 e. The molecule has 1 unspecified atom stereocenters. The molecule has 0 aromatic rings. The van der Waals surface area contributed by atoms with Crippen LogP contribution in [0.4, 0.5) is 0 Å². The summed E-state index contributed by atoms with van der Waals surface area (Å²) in [5.41, 5.74) is 0.105. The van der Waals surface area contributed by atoms with Gasteiger partial charge in [-0.2, -0.15) is 0 Å². The van der Waals surface area contributed by atoms with Crippen molar-refractivity contribution in [1.29, 1.82) is 0 Å². The summed E-state index contributed by atoms with van der Waals surface area (Å²) in [6.45, 7) is 9.79. The van der Waals surface area contributed by atoms with Gasteiger partial charge in [-0.1, -0.05) is 27.7 Å². The summed E-state index contributed by atoms with van der Waals surface area (Å²) < 4.78 is 0. The lowest BCUT2D eigenvalue weighted by atomic mass is 9.81. The van der Waals surface area contributed by atoms with Gasteiger partial charge in [-0.05, 0) is 17.8 Å². The van der Waals surface area contributed by atoms with Crippen molar-refractivity contribution in [3.05, 3.63) is 0 Å². The molecular weight excluding hydrogens is 216 g/mol. The van der Waals surface area contributed by atoms with Crippen molar-refractivity contribution in [2.24, 2.45) is 17.3 Å². The van der Waals surface area contributed by atoms with Gasteiger partial charge in [-0.25, -0.2) is 0 Å². The van der Waals surface area contributed by atoms with E-state index >= 15 is 0 Å². The van der Waals surface area contributed by atoms with Gasteiger partial charge < -0.3 is 10.6 Å². The molecule has 1 rings (SSSR count). The summed E-state index contributed by atoms with van der Waals surface area (Å²) in [6.07, 6.45) is 1.13. The molecule has 2 amide bonds. The molecule has 0 aliphatic carbocycles. The summed E-state index contributed by atoms with van der Waals surface area (Å²) in [5.74, 6) is 0.583. The molecule has 17 heavy (non-hydrogen) atoms. The molecular formula is C13H24N2O2. The number of rotatable bonds is 4. The number of carbonyl (C=O) groups is 2. The fraction of sp³-hybridized carbons (Fsp3) is 0.846. The Hall–Kier alpha value is -1.06. The fourth-order valence-electron chi connectivity index (χ4n) is 1.62. The van der Waals surface area contributed by atoms with Crippen LogP contribution in [0.1, 0.15) is 40.5 Å². The lowest BCUT2D eigenvalue weighted by Crippen LogP contribution is -2.45. The number of hydrogen-bond donors (Lipinski definition) is 2. The first-order chi connectivity index (χ1) is 7.83. The van der Waals surface area contributed by atoms with E-state index in [2.05, 4.69) is 38.3 Å². The Morgan fingerprint density at radius 3 is 2.65 bits per heavy atom. The topological polar surface area (TPSA) is 58.2 Å². The number of hydrogen-bond acceptors (Lipinski definition) is 2. The minimum Gasteiger partial charge on any atom is -0.355 e. The molecule has 0 radical (unpaired) electrons. The number of amides is 2. The summed E-state index contributed by atoms with van der Waals surface area (Å²) in [7, 11) is 0. The predicted octanol–water partition coefficient (Wildman–Crippen LogP) is 1.31. The summed E-state index contributed by atoms with van der Waals surface area (Å²) in [6, 6.07) is 0. The van der Waals surface area contributed by atoms with Crippen molar-refractivity contribution in [2.75, 3.05) is 13.1 Å². The SMILES string of the molecule is CC(C)C(C)(C)CNC(=O)C1CCC(=O)NC1. The number of carbonyl (C=O) groups excluding carboxylic acids is 2. The molecule has 98 valence electrons. The van der Waals surface area contributed by atoms with Crippen molar-refractivity contribution in [2.45, 2.75) is 40.5 Å². The normalized spacial score (nSPS) is 21.2. The van der Waals surface area contributed by atoms with Crippen molar-refractivity contribution in [3.8, 4) is 0 Å². The highest BCUT2D eigenvalue weighted by Gasteiger charge is 2.27. The average Bonchev–Trinajstić information content (AvgIpc) is 2.27. The van der Waals surface area contributed by atoms with Crippen LogP contribution >= 0.6 is 0 Å². The van der Waals surface area contributed by atoms with Crippen LogP contribution in [-0.4, -0.2) is 24.9 Å². The van der Waals surface area contributed by atoms with Gasteiger partial charge in [0.1, 0.15) is 0 Å². The molecule has 0 aromatic heterocycles. The second kappa shape index (κ2) is 5.52. The largest absolute Gasteiger partial charge is 0.355 e. The second-order valence-electron chi connectivity index (χ2n) is 5.90. The highest BCUT2D eigenvalue weighted by atomic mass is 16.2. The van der Waals surface area contributed by atoms with Crippen molar-refractivity contribution < 1.29 is 9.59 Å². The first kappa shape index (κ1) is 14.0. The van der Waals surface area contributed by atoms with E-state index in [1.807, 2.05) is 0 Å². The maximum absolute atomic E-state index is 11.9. The Morgan fingerprint density at radius 2 is 2.18 bits per heavy atom. The minimum absolute atomic E-state index is 0.0524. The number of piperidine rings is 1. The van der Waals surface area contributed by atoms with Gasteiger partial charge in [0.25, 0.3) is 0 Å². The third-order valence-electron chi connectivity index (χ3n) is 3.92. The van der Waals surface area contributed by atoms with Crippen LogP contribution in [0.3, 0.4) is 0 Å². The minimum atomic E-state index is -0.0596. The molecule has 1 heterocycles. The standard InChI is InChI=1S/C13H24N2O2/c1-9(2)13(3,4)8-15-12(17)10-5-6-11(16)14-7-10/h9-10H,5-8H2,1-4H3,(H,14,16)(H,15,17). The zero-order valence-corrected chi connectivity index (χ0v) is 11.3. The van der Waals surface area contributed by atoms with Gasteiger partial charge in [0.15, 0.2) is 0 Å². The van der Waals surface area contributed by atoms with Crippen LogP contribution in [0.5, 0.6) is 0 Å². The lowest BCUT2D eigenvalue weighted by Gasteiger charge is -2.30. The Balaban J connectivity index is 2.37. The Kier molecular flexibility index (Phi) is 4.54. The van der Waals surface area contributed by atoms with Crippen LogP contribution in [0.25, 0.3) is 0 Å². The predicted molar refractivity (Wildman–Crippen MR) is 67.4 cm³/mol. The first-order valence-electron chi connectivity index (χ1n) is 6.37. The Labute approximate surface area is 104 Å². The number of nitrogens with one attached hydrogen (secondary N) is 2. The van der Waals surface area contributed by atoms with E-state index in [9.17, 15) is 9.59 Å². The highest BCUT2D eigenvalue weighted by molar-refractivity contribution is 5.83. The molecule has 1 atom stereocenters. The smallest absolute Gasteiger partial charge is 0.224 e. The average molecular weight is 240 g/mol. The lowest BCUT2D eigenvalue weighted by molar-refractivity contribution is -0.129. The summed E-state index contributed by atoms with van der Waals surface area (Å²) >= 11 is 0. The zero-order chi connectivity index (χ0) is 13.1. The third kappa shape index (κ3) is 4.02. The quantitative estimate of drug-likeness (QED) is 0.778. The van der Waals surface area contributed by atoms with E-state index in [1.165, 1.54) is 0 Å². The van der Waals surface area contributed by atoms with Crippen molar-refractivity contribution in [1.82, 2.24) is 10.6 Å². The van der Waals surface area contributed by atoms with E-state index in [0.29, 0.717) is 31.8 Å². The van der Waals surface area contributed by atoms with E-state index in [4.69, 9.17) is 0 Å². The molecule has 2 N–H and O–H groups in total. The van der Waals surface area contributed by atoms with Crippen molar-refractivity contribution in [3.63, 3.8) is 0 Å². The van der Waals surface area contributed by atoms with Gasteiger partial charge in [-0.3, -0.25) is 9.59 Å². The summed E-state index contributed by atoms with van der Waals surface area (Å²) in [4.78, 5) is 22.9. The second-order valence-corrected chi connectivity index (χ2v) is 5.90. The summed E-state index contributed by atoms with van der Waals surface area (Å²) in [5, 5.41) is 5.73. The van der Waals surface area contributed by atoms with Crippen LogP contribution in [0.15, 0.2) is 0 Å². The van der Waals surface area contributed by atoms with E-state index in [1.54, 1.807) is 0 Å². The Morgan fingerprint density at radius 1 is 1.53 bits per heavy atom. The molecule has 0 aromatic carbocycles. The monoisotopic (exact) mass is 240 g/mol. The van der Waals surface area contributed by atoms with E-state index < -0.39 is 0 Å². The van der Waals surface area contributed by atoms with Gasteiger partial charge in [0.05, 0.1) is 5.92 Å². The molecule has 1 saturated heterocycles. The molecule has 1 fully saturated rings. The molecule has 0 saturated carbocycles. The molecule has 0 bridgehead atoms. The molecule has 4 nitrogen and oxygen atoms in total. The molecule has 1 aliphatic rings. The van der Waals surface area contributed by atoms with Gasteiger partial charge in [0.2, 0.25) is 11.8 Å². The first-order valence-corrected chi connectivity index (χ1v) is 6.37. The third-order valence-corrected chi connectivity index (χ3v) is 3.92.